The van der Waals surface area contributed by atoms with E-state index >= 15 is 0 Å². The third-order valence-electron chi connectivity index (χ3n) is 5.54. The van der Waals surface area contributed by atoms with Crippen LogP contribution in [0.25, 0.3) is 5.69 Å². The van der Waals surface area contributed by atoms with Crippen LogP contribution >= 0.6 is 11.6 Å². The summed E-state index contributed by atoms with van der Waals surface area (Å²) in [6, 6.07) is 15.8. The summed E-state index contributed by atoms with van der Waals surface area (Å²) in [5.74, 6) is 0.938. The number of anilines is 2. The number of benzene rings is 2. The topological polar surface area (TPSA) is 88.5 Å². The molecule has 0 aliphatic heterocycles. The number of methoxy groups -OCH3 is 1. The van der Waals surface area contributed by atoms with Crippen molar-refractivity contribution in [2.45, 2.75) is 46.0 Å². The number of amides is 3. The summed E-state index contributed by atoms with van der Waals surface area (Å²) >= 11 is 6.04. The number of ether oxygens (including phenoxy) is 1. The number of hydrogen-bond donors (Lipinski definition) is 2. The van der Waals surface area contributed by atoms with Gasteiger partial charge in [0.05, 0.1) is 18.5 Å². The van der Waals surface area contributed by atoms with Crippen LogP contribution in [0.1, 0.15) is 46.2 Å². The first-order valence-electron chi connectivity index (χ1n) is 12.0. The van der Waals surface area contributed by atoms with Crippen LogP contribution < -0.4 is 15.4 Å². The van der Waals surface area contributed by atoms with E-state index in [1.165, 1.54) is 4.90 Å². The van der Waals surface area contributed by atoms with Crippen molar-refractivity contribution in [1.29, 1.82) is 0 Å². The molecule has 0 atom stereocenters. The van der Waals surface area contributed by atoms with Crippen LogP contribution in [0.15, 0.2) is 54.6 Å². The van der Waals surface area contributed by atoms with Crippen molar-refractivity contribution in [3.63, 3.8) is 0 Å². The SMILES string of the molecule is CCCCN(CC(=O)Nc1cc(C(C)(C)C)nn1-c1ccc(OC)cc1)C(=O)Nc1cccc(Cl)c1. The Bertz CT molecular complexity index is 1180. The molecule has 2 N–H and O–H groups in total. The van der Waals surface area contributed by atoms with Gasteiger partial charge in [-0.3, -0.25) is 4.79 Å². The van der Waals surface area contributed by atoms with E-state index < -0.39 is 0 Å². The molecule has 0 aliphatic rings. The third kappa shape index (κ3) is 7.24. The summed E-state index contributed by atoms with van der Waals surface area (Å²) in [6.07, 6.45) is 1.66. The Morgan fingerprint density at radius 1 is 1.08 bits per heavy atom. The smallest absolute Gasteiger partial charge is 0.322 e. The summed E-state index contributed by atoms with van der Waals surface area (Å²) in [5, 5.41) is 11.0. The fourth-order valence-electron chi connectivity index (χ4n) is 3.48. The number of urea groups is 1. The van der Waals surface area contributed by atoms with E-state index in [0.29, 0.717) is 23.1 Å². The first kappa shape index (κ1) is 27.1. The van der Waals surface area contributed by atoms with Gasteiger partial charge in [-0.15, -0.1) is 0 Å². The molecule has 9 heteroatoms. The molecule has 0 aliphatic carbocycles. The minimum absolute atomic E-state index is 0.106. The molecule has 3 aromatic rings. The molecule has 3 amide bonds. The lowest BCUT2D eigenvalue weighted by Gasteiger charge is -2.22. The molecule has 192 valence electrons. The predicted molar refractivity (Wildman–Crippen MR) is 144 cm³/mol. The van der Waals surface area contributed by atoms with E-state index in [-0.39, 0.29) is 23.9 Å². The minimum Gasteiger partial charge on any atom is -0.497 e. The first-order chi connectivity index (χ1) is 17.1. The Kier molecular flexibility index (Phi) is 8.98. The number of nitrogens with one attached hydrogen (secondary N) is 2. The van der Waals surface area contributed by atoms with Gasteiger partial charge in [0.25, 0.3) is 0 Å². The van der Waals surface area contributed by atoms with Crippen molar-refractivity contribution in [2.75, 3.05) is 30.8 Å². The molecule has 0 saturated heterocycles. The molecule has 0 spiro atoms. The van der Waals surface area contributed by atoms with Crippen molar-refractivity contribution in [1.82, 2.24) is 14.7 Å². The summed E-state index contributed by atoms with van der Waals surface area (Å²) in [4.78, 5) is 27.6. The van der Waals surface area contributed by atoms with Gasteiger partial charge < -0.3 is 20.3 Å². The van der Waals surface area contributed by atoms with Gasteiger partial charge in [0.2, 0.25) is 5.91 Å². The Labute approximate surface area is 217 Å². The quantitative estimate of drug-likeness (QED) is 0.363. The zero-order valence-corrected chi connectivity index (χ0v) is 22.2. The fourth-order valence-corrected chi connectivity index (χ4v) is 3.67. The molecule has 1 heterocycles. The Hall–Kier alpha value is -3.52. The third-order valence-corrected chi connectivity index (χ3v) is 5.78. The van der Waals surface area contributed by atoms with Crippen LogP contribution in [0.4, 0.5) is 16.3 Å². The number of halogens is 1. The molecule has 3 rings (SSSR count). The highest BCUT2D eigenvalue weighted by Gasteiger charge is 2.23. The van der Waals surface area contributed by atoms with Crippen LogP contribution in [-0.2, 0) is 10.2 Å². The molecule has 1 aromatic heterocycles. The molecule has 0 radical (unpaired) electrons. The molecule has 0 fully saturated rings. The number of aromatic nitrogens is 2. The van der Waals surface area contributed by atoms with Crippen LogP contribution in [0.5, 0.6) is 5.75 Å². The van der Waals surface area contributed by atoms with E-state index in [1.807, 2.05) is 37.3 Å². The normalized spacial score (nSPS) is 11.2. The lowest BCUT2D eigenvalue weighted by molar-refractivity contribution is -0.116. The summed E-state index contributed by atoms with van der Waals surface area (Å²) in [5.41, 5.74) is 1.96. The van der Waals surface area contributed by atoms with Gasteiger partial charge in [0, 0.05) is 28.7 Å². The van der Waals surface area contributed by atoms with E-state index in [4.69, 9.17) is 21.4 Å². The Balaban J connectivity index is 1.80. The maximum atomic E-state index is 13.1. The lowest BCUT2D eigenvalue weighted by Crippen LogP contribution is -2.41. The van der Waals surface area contributed by atoms with Crippen molar-refractivity contribution < 1.29 is 14.3 Å². The molecule has 36 heavy (non-hydrogen) atoms. The van der Waals surface area contributed by atoms with E-state index in [0.717, 1.165) is 30.0 Å². The number of unbranched alkanes of at least 4 members (excludes halogenated alkanes) is 1. The Morgan fingerprint density at radius 3 is 2.42 bits per heavy atom. The second kappa shape index (κ2) is 11.9. The van der Waals surface area contributed by atoms with Crippen molar-refractivity contribution >= 4 is 35.0 Å². The van der Waals surface area contributed by atoms with E-state index in [2.05, 4.69) is 31.4 Å². The van der Waals surface area contributed by atoms with Gasteiger partial charge >= 0.3 is 6.03 Å². The zero-order valence-electron chi connectivity index (χ0n) is 21.5. The summed E-state index contributed by atoms with van der Waals surface area (Å²) in [7, 11) is 1.61. The number of nitrogens with zero attached hydrogens (tertiary/aromatic N) is 3. The molecule has 0 saturated carbocycles. The van der Waals surface area contributed by atoms with Gasteiger partial charge in [-0.25, -0.2) is 9.48 Å². The number of carbonyl (C=O) groups excluding carboxylic acids is 2. The average Bonchev–Trinajstić information content (AvgIpc) is 3.26. The molecule has 2 aromatic carbocycles. The highest BCUT2D eigenvalue weighted by atomic mass is 35.5. The van der Waals surface area contributed by atoms with Crippen molar-refractivity contribution in [3.05, 3.63) is 65.3 Å². The van der Waals surface area contributed by atoms with E-state index in [9.17, 15) is 9.59 Å². The molecule has 8 nitrogen and oxygen atoms in total. The second-order valence-corrected chi connectivity index (χ2v) is 9.97. The van der Waals surface area contributed by atoms with Crippen molar-refractivity contribution in [3.8, 4) is 11.4 Å². The molecule has 0 unspecified atom stereocenters. The van der Waals surface area contributed by atoms with Gasteiger partial charge in [-0.05, 0) is 48.9 Å². The fraction of sp³-hybridized carbons (Fsp3) is 0.370. The van der Waals surface area contributed by atoms with E-state index in [1.54, 1.807) is 36.1 Å². The zero-order chi connectivity index (χ0) is 26.3. The second-order valence-electron chi connectivity index (χ2n) is 9.54. The molecular weight excluding hydrogens is 478 g/mol. The lowest BCUT2D eigenvalue weighted by atomic mass is 9.92. The number of rotatable bonds is 9. The van der Waals surface area contributed by atoms with Crippen LogP contribution in [0.3, 0.4) is 0 Å². The maximum Gasteiger partial charge on any atom is 0.322 e. The van der Waals surface area contributed by atoms with Crippen LogP contribution in [-0.4, -0.2) is 46.8 Å². The summed E-state index contributed by atoms with van der Waals surface area (Å²) in [6.45, 7) is 8.56. The van der Waals surface area contributed by atoms with Crippen LogP contribution in [0.2, 0.25) is 5.02 Å². The van der Waals surface area contributed by atoms with Gasteiger partial charge in [0.15, 0.2) is 0 Å². The van der Waals surface area contributed by atoms with Gasteiger partial charge in [-0.2, -0.15) is 5.10 Å². The summed E-state index contributed by atoms with van der Waals surface area (Å²) < 4.78 is 6.95. The minimum atomic E-state index is -0.361. The monoisotopic (exact) mass is 511 g/mol. The largest absolute Gasteiger partial charge is 0.497 e. The standard InChI is InChI=1S/C27H34ClN5O3/c1-6-7-15-32(26(35)29-20-10-8-9-19(28)16-20)18-25(34)30-24-17-23(27(2,3)4)31-33(24)21-11-13-22(36-5)14-12-21/h8-14,16-17H,6-7,15,18H2,1-5H3,(H,29,35)(H,30,34). The average molecular weight is 512 g/mol. The predicted octanol–water partition coefficient (Wildman–Crippen LogP) is 6.10. The maximum absolute atomic E-state index is 13.1. The Morgan fingerprint density at radius 2 is 1.81 bits per heavy atom. The highest BCUT2D eigenvalue weighted by molar-refractivity contribution is 6.30. The number of hydrogen-bond acceptors (Lipinski definition) is 4. The first-order valence-corrected chi connectivity index (χ1v) is 12.3. The molecular formula is C27H34ClN5O3. The highest BCUT2D eigenvalue weighted by Crippen LogP contribution is 2.27. The van der Waals surface area contributed by atoms with Gasteiger partial charge in [0.1, 0.15) is 18.1 Å². The van der Waals surface area contributed by atoms with Crippen LogP contribution in [0, 0.1) is 0 Å². The number of carbonyl (C=O) groups is 2. The molecule has 0 bridgehead atoms. The van der Waals surface area contributed by atoms with Gasteiger partial charge in [-0.1, -0.05) is 51.8 Å². The van der Waals surface area contributed by atoms with Crippen molar-refractivity contribution in [2.24, 2.45) is 0 Å².